The zero-order valence-corrected chi connectivity index (χ0v) is 15.6. The third-order valence-corrected chi connectivity index (χ3v) is 7.22. The van der Waals surface area contributed by atoms with Gasteiger partial charge in [-0.1, -0.05) is 43.3 Å². The lowest BCUT2D eigenvalue weighted by atomic mass is 9.91. The summed E-state index contributed by atoms with van der Waals surface area (Å²) in [6, 6.07) is 14.7. The number of amides is 1. The van der Waals surface area contributed by atoms with Crippen LogP contribution in [0.1, 0.15) is 29.7 Å². The van der Waals surface area contributed by atoms with Gasteiger partial charge in [-0.2, -0.15) is 4.31 Å². The average molecular weight is 370 g/mol. The fourth-order valence-corrected chi connectivity index (χ4v) is 5.27. The molecule has 2 heterocycles. The predicted molar refractivity (Wildman–Crippen MR) is 99.2 cm³/mol. The molecule has 4 rings (SSSR count). The molecule has 1 amide bonds. The van der Waals surface area contributed by atoms with E-state index < -0.39 is 10.0 Å². The molecule has 0 bridgehead atoms. The van der Waals surface area contributed by atoms with Gasteiger partial charge in [-0.15, -0.1) is 0 Å². The number of rotatable bonds is 3. The van der Waals surface area contributed by atoms with Gasteiger partial charge in [0.1, 0.15) is 0 Å². The van der Waals surface area contributed by atoms with Crippen LogP contribution in [-0.4, -0.2) is 43.2 Å². The number of nitrogens with zero attached hydrogens (tertiary/aromatic N) is 2. The number of carbonyl (C=O) groups is 1. The molecule has 0 N–H and O–H groups in total. The molecule has 0 saturated carbocycles. The summed E-state index contributed by atoms with van der Waals surface area (Å²) in [5, 5.41) is 0. The van der Waals surface area contributed by atoms with Crippen LogP contribution in [0.4, 0.5) is 0 Å². The smallest absolute Gasteiger partial charge is 0.243 e. The fourth-order valence-electron chi connectivity index (χ4n) is 3.88. The van der Waals surface area contributed by atoms with Crippen molar-refractivity contribution in [3.63, 3.8) is 0 Å². The minimum absolute atomic E-state index is 0.0868. The normalized spacial score (nSPS) is 20.6. The zero-order chi connectivity index (χ0) is 18.3. The van der Waals surface area contributed by atoms with E-state index in [1.165, 1.54) is 9.87 Å². The van der Waals surface area contributed by atoms with E-state index in [0.29, 0.717) is 13.1 Å². The van der Waals surface area contributed by atoms with E-state index in [9.17, 15) is 13.2 Å². The summed E-state index contributed by atoms with van der Waals surface area (Å²) in [5.41, 5.74) is 3.35. The van der Waals surface area contributed by atoms with Gasteiger partial charge in [-0.05, 0) is 41.7 Å². The second-order valence-electron chi connectivity index (χ2n) is 6.85. The number of sulfonamides is 1. The van der Waals surface area contributed by atoms with Gasteiger partial charge in [-0.3, -0.25) is 4.79 Å². The number of hydrogen-bond acceptors (Lipinski definition) is 3. The van der Waals surface area contributed by atoms with Crippen LogP contribution in [0.3, 0.4) is 0 Å². The van der Waals surface area contributed by atoms with Crippen molar-refractivity contribution in [1.29, 1.82) is 0 Å². The Balaban J connectivity index is 1.67. The van der Waals surface area contributed by atoms with Crippen molar-refractivity contribution in [3.05, 3.63) is 65.2 Å². The van der Waals surface area contributed by atoms with Crippen LogP contribution >= 0.6 is 0 Å². The second kappa shape index (κ2) is 6.52. The maximum Gasteiger partial charge on any atom is 0.243 e. The van der Waals surface area contributed by atoms with E-state index in [0.717, 1.165) is 24.0 Å². The van der Waals surface area contributed by atoms with E-state index >= 15 is 0 Å². The molecule has 1 fully saturated rings. The van der Waals surface area contributed by atoms with Crippen molar-refractivity contribution in [2.75, 3.05) is 19.6 Å². The molecule has 2 aliphatic heterocycles. The molecule has 2 aromatic rings. The molecule has 0 aromatic heterocycles. The van der Waals surface area contributed by atoms with Crippen LogP contribution in [-0.2, 0) is 27.7 Å². The summed E-state index contributed by atoms with van der Waals surface area (Å²) >= 11 is 0. The van der Waals surface area contributed by atoms with Crippen LogP contribution in [0.15, 0.2) is 53.4 Å². The lowest BCUT2D eigenvalue weighted by Gasteiger charge is -2.44. The summed E-state index contributed by atoms with van der Waals surface area (Å²) in [5.74, 6) is -0.121. The number of hydrogen-bond donors (Lipinski definition) is 0. The largest absolute Gasteiger partial charge is 0.333 e. The molecule has 6 heteroatoms. The molecule has 0 spiro atoms. The fraction of sp³-hybridized carbons (Fsp3) is 0.350. The molecule has 0 radical (unpaired) electrons. The average Bonchev–Trinajstić information content (AvgIpc) is 2.67. The van der Waals surface area contributed by atoms with Crippen molar-refractivity contribution >= 4 is 15.9 Å². The number of fused-ring (bicyclic) bond motifs is 3. The van der Waals surface area contributed by atoms with Gasteiger partial charge in [0.05, 0.1) is 17.5 Å². The van der Waals surface area contributed by atoms with Crippen molar-refractivity contribution in [1.82, 2.24) is 9.21 Å². The van der Waals surface area contributed by atoms with Crippen molar-refractivity contribution < 1.29 is 13.2 Å². The van der Waals surface area contributed by atoms with Crippen molar-refractivity contribution in [2.45, 2.75) is 30.7 Å². The standard InChI is InChI=1S/C20H22N2O3S/c1-2-15-7-9-17(10-8-15)26(24,25)21-13-19-18-6-4-3-5-16(18)11-12-22(19)20(23)14-21/h3-10,19H,2,11-14H2,1H3. The second-order valence-corrected chi connectivity index (χ2v) is 8.78. The number of carbonyl (C=O) groups excluding carboxylic acids is 1. The van der Waals surface area contributed by atoms with E-state index in [1.54, 1.807) is 12.1 Å². The number of aryl methyl sites for hydroxylation is 1. The molecular formula is C20H22N2O3S. The molecule has 1 unspecified atom stereocenters. The lowest BCUT2D eigenvalue weighted by molar-refractivity contribution is -0.138. The van der Waals surface area contributed by atoms with Crippen LogP contribution < -0.4 is 0 Å². The summed E-state index contributed by atoms with van der Waals surface area (Å²) in [7, 11) is -3.69. The molecule has 136 valence electrons. The van der Waals surface area contributed by atoms with Gasteiger partial charge < -0.3 is 4.90 Å². The minimum Gasteiger partial charge on any atom is -0.333 e. The van der Waals surface area contributed by atoms with E-state index in [4.69, 9.17) is 0 Å². The maximum absolute atomic E-state index is 13.1. The highest BCUT2D eigenvalue weighted by atomic mass is 32.2. The monoisotopic (exact) mass is 370 g/mol. The highest BCUT2D eigenvalue weighted by Crippen LogP contribution is 2.34. The lowest BCUT2D eigenvalue weighted by Crippen LogP contribution is -2.55. The third-order valence-electron chi connectivity index (χ3n) is 5.39. The molecule has 1 saturated heterocycles. The van der Waals surface area contributed by atoms with Crippen LogP contribution in [0.5, 0.6) is 0 Å². The summed E-state index contributed by atoms with van der Waals surface area (Å²) in [4.78, 5) is 14.7. The third kappa shape index (κ3) is 2.83. The maximum atomic E-state index is 13.1. The first kappa shape index (κ1) is 17.2. The van der Waals surface area contributed by atoms with Gasteiger partial charge in [0.2, 0.25) is 15.9 Å². The summed E-state index contributed by atoms with van der Waals surface area (Å²) < 4.78 is 27.5. The van der Waals surface area contributed by atoms with E-state index in [1.807, 2.05) is 42.2 Å². The zero-order valence-electron chi connectivity index (χ0n) is 14.8. The Morgan fingerprint density at radius 1 is 1.08 bits per heavy atom. The quantitative estimate of drug-likeness (QED) is 0.834. The molecule has 1 atom stereocenters. The van der Waals surface area contributed by atoms with Crippen LogP contribution in [0.2, 0.25) is 0 Å². The number of piperazine rings is 1. The predicted octanol–water partition coefficient (Wildman–Crippen LogP) is 2.38. The van der Waals surface area contributed by atoms with Gasteiger partial charge in [-0.25, -0.2) is 8.42 Å². The Hall–Kier alpha value is -2.18. The Bertz CT molecular complexity index is 938. The van der Waals surface area contributed by atoms with Crippen molar-refractivity contribution in [2.24, 2.45) is 0 Å². The van der Waals surface area contributed by atoms with Crippen LogP contribution in [0, 0.1) is 0 Å². The SMILES string of the molecule is CCc1ccc(S(=O)(=O)N2CC(=O)N3CCc4ccccc4C3C2)cc1. The topological polar surface area (TPSA) is 57.7 Å². The Morgan fingerprint density at radius 3 is 2.54 bits per heavy atom. The van der Waals surface area contributed by atoms with Gasteiger partial charge in [0, 0.05) is 13.1 Å². The molecule has 26 heavy (non-hydrogen) atoms. The highest BCUT2D eigenvalue weighted by Gasteiger charge is 2.41. The molecule has 2 aromatic carbocycles. The van der Waals surface area contributed by atoms with E-state index in [-0.39, 0.29) is 23.4 Å². The van der Waals surface area contributed by atoms with Crippen molar-refractivity contribution in [3.8, 4) is 0 Å². The number of benzene rings is 2. The first-order chi connectivity index (χ1) is 12.5. The van der Waals surface area contributed by atoms with Crippen LogP contribution in [0.25, 0.3) is 0 Å². The first-order valence-electron chi connectivity index (χ1n) is 8.97. The van der Waals surface area contributed by atoms with E-state index in [2.05, 4.69) is 6.07 Å². The summed E-state index contributed by atoms with van der Waals surface area (Å²) in [6.45, 7) is 2.90. The van der Waals surface area contributed by atoms with Gasteiger partial charge >= 0.3 is 0 Å². The Morgan fingerprint density at radius 2 is 1.81 bits per heavy atom. The summed E-state index contributed by atoms with van der Waals surface area (Å²) in [6.07, 6.45) is 1.68. The van der Waals surface area contributed by atoms with Gasteiger partial charge in [0.15, 0.2) is 0 Å². The highest BCUT2D eigenvalue weighted by molar-refractivity contribution is 7.89. The molecule has 0 aliphatic carbocycles. The Kier molecular flexibility index (Phi) is 4.32. The molecule has 5 nitrogen and oxygen atoms in total. The van der Waals surface area contributed by atoms with Gasteiger partial charge in [0.25, 0.3) is 0 Å². The molecular weight excluding hydrogens is 348 g/mol. The first-order valence-corrected chi connectivity index (χ1v) is 10.4. The minimum atomic E-state index is -3.69. The molecule has 2 aliphatic rings. The Labute approximate surface area is 154 Å².